The van der Waals surface area contributed by atoms with Crippen LogP contribution >= 0.6 is 0 Å². The number of amides is 1. The van der Waals surface area contributed by atoms with Gasteiger partial charge in [0.2, 0.25) is 6.29 Å². The van der Waals surface area contributed by atoms with Gasteiger partial charge in [-0.1, -0.05) is 43.7 Å². The number of benzene rings is 3. The number of carbonyl (C=O) groups excluding carboxylic acids is 1. The minimum atomic E-state index is -0.649. The maximum absolute atomic E-state index is 15.3. The number of ether oxygens (including phenoxy) is 8. The molecule has 4 aliphatic rings. The zero-order chi connectivity index (χ0) is 42.9. The molecule has 12 nitrogen and oxygen atoms in total. The van der Waals surface area contributed by atoms with Crippen LogP contribution in [-0.2, 0) is 36.6 Å². The average molecular weight is 843 g/mol. The molecule has 4 heterocycles. The number of rotatable bonds is 19. The van der Waals surface area contributed by atoms with Gasteiger partial charge in [0.15, 0.2) is 28.8 Å². The number of hydrogen-bond donors (Lipinski definition) is 1. The van der Waals surface area contributed by atoms with Gasteiger partial charge in [0.1, 0.15) is 0 Å². The number of nitrogens with zero attached hydrogens (tertiary/aromatic N) is 2. The summed E-state index contributed by atoms with van der Waals surface area (Å²) in [6, 6.07) is 18.9. The van der Waals surface area contributed by atoms with Gasteiger partial charge in [-0.05, 0) is 109 Å². The number of piperidine rings is 1. The molecule has 1 N–H and O–H groups in total. The molecule has 1 fully saturated rings. The predicted octanol–water partition coefficient (Wildman–Crippen LogP) is 7.27. The van der Waals surface area contributed by atoms with Gasteiger partial charge in [-0.3, -0.25) is 9.69 Å². The van der Waals surface area contributed by atoms with Gasteiger partial charge >= 0.3 is 0 Å². The number of carbonyl (C=O) groups is 1. The number of hydrogen-bond acceptors (Lipinski definition) is 11. The molecule has 0 radical (unpaired) electrons. The van der Waals surface area contributed by atoms with Crippen LogP contribution in [0.1, 0.15) is 85.3 Å². The van der Waals surface area contributed by atoms with Crippen molar-refractivity contribution in [2.45, 2.75) is 76.7 Å². The monoisotopic (exact) mass is 842 g/mol. The van der Waals surface area contributed by atoms with E-state index < -0.39 is 6.29 Å². The molecule has 0 saturated carbocycles. The van der Waals surface area contributed by atoms with Crippen molar-refractivity contribution in [1.82, 2.24) is 9.80 Å². The lowest BCUT2D eigenvalue weighted by atomic mass is 9.72. The Morgan fingerprint density at radius 2 is 1.43 bits per heavy atom. The Kier molecular flexibility index (Phi) is 15.5. The van der Waals surface area contributed by atoms with Crippen molar-refractivity contribution in [2.75, 3.05) is 87.7 Å². The first-order chi connectivity index (χ1) is 29.8. The highest BCUT2D eigenvalue weighted by atomic mass is 16.7. The second-order valence-corrected chi connectivity index (χ2v) is 16.5. The van der Waals surface area contributed by atoms with Gasteiger partial charge < -0.3 is 47.9 Å². The molecule has 7 atom stereocenters. The molecule has 3 aromatic rings. The quantitative estimate of drug-likeness (QED) is 0.123. The molecule has 12 heteroatoms. The summed E-state index contributed by atoms with van der Waals surface area (Å²) in [6.07, 6.45) is 6.51. The standard InChI is InChI=1S/C49H66N2O10/c1-7-32-31-50-17-14-34-26-43(54-3)45(56-5)29-39(34)41(50)24-36(32)25-42-40-30-46(57-6)44(55-4)27-35(40)15-18-51(42)48(53)47-28-38(33-12-10-9-11-13-33)37(49(61-47)60-8-2)16-20-58-22-23-59-21-19-52/h9-13,26-30,32,36-38,41-42,49,52H,7-8,14-25,31H2,1-6H3/t32-,36+,37-,38+,41-,42+,49+/m0/s1. The first-order valence-electron chi connectivity index (χ1n) is 22.2. The van der Waals surface area contributed by atoms with Gasteiger partial charge in [0.25, 0.3) is 5.91 Å². The molecule has 1 amide bonds. The van der Waals surface area contributed by atoms with Gasteiger partial charge in [-0.15, -0.1) is 0 Å². The first-order valence-corrected chi connectivity index (χ1v) is 22.2. The van der Waals surface area contributed by atoms with Crippen LogP contribution < -0.4 is 18.9 Å². The summed E-state index contributed by atoms with van der Waals surface area (Å²) in [6.45, 7) is 8.81. The second-order valence-electron chi connectivity index (χ2n) is 16.5. The Balaban J connectivity index is 1.22. The van der Waals surface area contributed by atoms with E-state index in [0.29, 0.717) is 74.9 Å². The smallest absolute Gasteiger partial charge is 0.289 e. The zero-order valence-corrected chi connectivity index (χ0v) is 36.9. The lowest BCUT2D eigenvalue weighted by Crippen LogP contribution is -2.48. The van der Waals surface area contributed by atoms with Crippen LogP contribution in [0.15, 0.2) is 66.4 Å². The van der Waals surface area contributed by atoms with E-state index in [2.05, 4.69) is 53.1 Å². The Morgan fingerprint density at radius 3 is 2.08 bits per heavy atom. The number of methoxy groups -OCH3 is 4. The molecule has 3 aromatic carbocycles. The highest BCUT2D eigenvalue weighted by Crippen LogP contribution is 2.50. The third-order valence-corrected chi connectivity index (χ3v) is 13.4. The van der Waals surface area contributed by atoms with E-state index >= 15 is 4.79 Å². The molecule has 0 bridgehead atoms. The lowest BCUT2D eigenvalue weighted by molar-refractivity contribution is -0.173. The molecule has 4 aliphatic heterocycles. The molecular weight excluding hydrogens is 777 g/mol. The summed E-state index contributed by atoms with van der Waals surface area (Å²) in [5.41, 5.74) is 6.00. The van der Waals surface area contributed by atoms with Gasteiger partial charge in [-0.25, -0.2) is 0 Å². The van der Waals surface area contributed by atoms with Crippen molar-refractivity contribution in [2.24, 2.45) is 17.8 Å². The maximum atomic E-state index is 15.3. The van der Waals surface area contributed by atoms with E-state index in [1.165, 1.54) is 16.7 Å². The largest absolute Gasteiger partial charge is 0.493 e. The van der Waals surface area contributed by atoms with E-state index in [4.69, 9.17) is 43.0 Å². The molecule has 0 unspecified atom stereocenters. The normalized spacial score (nSPS) is 24.7. The SMILES string of the molecule is CCO[C@@H]1OC(C(=O)N2CCc3cc(OC)c(OC)cc3[C@H]2C[C@H]2C[C@H]3c4cc(OC)c(OC)cc4CCN3C[C@@H]2CC)=C[C@H](c2ccccc2)[C@@H]1CCOCCOCCO. The summed E-state index contributed by atoms with van der Waals surface area (Å²) in [4.78, 5) is 20.0. The van der Waals surface area contributed by atoms with Crippen molar-refractivity contribution in [3.05, 3.63) is 94.2 Å². The van der Waals surface area contributed by atoms with E-state index in [0.717, 1.165) is 61.4 Å². The number of aliphatic hydroxyl groups is 1. The van der Waals surface area contributed by atoms with Crippen molar-refractivity contribution < 1.29 is 47.8 Å². The maximum Gasteiger partial charge on any atom is 0.289 e. The number of allylic oxidation sites excluding steroid dienone is 1. The predicted molar refractivity (Wildman–Crippen MR) is 232 cm³/mol. The molecule has 0 spiro atoms. The summed E-state index contributed by atoms with van der Waals surface area (Å²) >= 11 is 0. The van der Waals surface area contributed by atoms with Crippen LogP contribution in [-0.4, -0.2) is 115 Å². The highest BCUT2D eigenvalue weighted by molar-refractivity contribution is 5.92. The van der Waals surface area contributed by atoms with Crippen LogP contribution in [0.5, 0.6) is 23.0 Å². The van der Waals surface area contributed by atoms with E-state index in [1.807, 2.05) is 31.2 Å². The summed E-state index contributed by atoms with van der Waals surface area (Å²) in [5, 5.41) is 9.05. The molecule has 1 saturated heterocycles. The van der Waals surface area contributed by atoms with Crippen molar-refractivity contribution in [3.8, 4) is 23.0 Å². The average Bonchev–Trinajstić information content (AvgIpc) is 3.30. The molecular formula is C49H66N2O10. The highest BCUT2D eigenvalue weighted by Gasteiger charge is 2.45. The Hall–Kier alpha value is -4.33. The minimum absolute atomic E-state index is 0.0182. The Morgan fingerprint density at radius 1 is 0.787 bits per heavy atom. The van der Waals surface area contributed by atoms with Crippen LogP contribution in [0.3, 0.4) is 0 Å². The molecule has 332 valence electrons. The Bertz CT molecular complexity index is 1940. The van der Waals surface area contributed by atoms with Gasteiger partial charge in [-0.2, -0.15) is 0 Å². The topological polar surface area (TPSA) is 118 Å². The fourth-order valence-electron chi connectivity index (χ4n) is 10.3. The van der Waals surface area contributed by atoms with E-state index in [9.17, 15) is 0 Å². The van der Waals surface area contributed by atoms with Crippen LogP contribution in [0, 0.1) is 17.8 Å². The fourth-order valence-corrected chi connectivity index (χ4v) is 10.3. The molecule has 61 heavy (non-hydrogen) atoms. The zero-order valence-electron chi connectivity index (χ0n) is 36.9. The lowest BCUT2D eigenvalue weighted by Gasteiger charge is -2.49. The molecule has 0 aromatic heterocycles. The Labute approximate surface area is 362 Å². The summed E-state index contributed by atoms with van der Waals surface area (Å²) < 4.78 is 47.5. The van der Waals surface area contributed by atoms with Crippen molar-refractivity contribution in [1.29, 1.82) is 0 Å². The minimum Gasteiger partial charge on any atom is -0.493 e. The molecule has 0 aliphatic carbocycles. The third-order valence-electron chi connectivity index (χ3n) is 13.4. The summed E-state index contributed by atoms with van der Waals surface area (Å²) in [5.74, 6) is 3.62. The van der Waals surface area contributed by atoms with E-state index in [1.54, 1.807) is 28.4 Å². The van der Waals surface area contributed by atoms with Gasteiger partial charge in [0.05, 0.1) is 60.9 Å². The van der Waals surface area contributed by atoms with Crippen LogP contribution in [0.25, 0.3) is 0 Å². The van der Waals surface area contributed by atoms with Crippen molar-refractivity contribution in [3.63, 3.8) is 0 Å². The number of fused-ring (bicyclic) bond motifs is 4. The van der Waals surface area contributed by atoms with Gasteiger partial charge in [0, 0.05) is 50.7 Å². The third kappa shape index (κ3) is 9.84. The first kappa shape index (κ1) is 44.7. The van der Waals surface area contributed by atoms with E-state index in [-0.39, 0.29) is 43.0 Å². The van der Waals surface area contributed by atoms with Crippen LogP contribution in [0.4, 0.5) is 0 Å². The van der Waals surface area contributed by atoms with Crippen molar-refractivity contribution >= 4 is 5.91 Å². The second kappa shape index (κ2) is 21.2. The molecule has 7 rings (SSSR count). The number of aliphatic hydroxyl groups excluding tert-OH is 1. The summed E-state index contributed by atoms with van der Waals surface area (Å²) in [7, 11) is 6.74. The van der Waals surface area contributed by atoms with Crippen LogP contribution in [0.2, 0.25) is 0 Å². The fraction of sp³-hybridized carbons (Fsp3) is 0.571.